The maximum atomic E-state index is 13.7. The van der Waals surface area contributed by atoms with Crippen LogP contribution >= 0.6 is 0 Å². The molecule has 2 amide bonds. The van der Waals surface area contributed by atoms with Gasteiger partial charge in [-0.3, -0.25) is 4.68 Å². The lowest BCUT2D eigenvalue weighted by molar-refractivity contribution is 0.251. The van der Waals surface area contributed by atoms with Crippen molar-refractivity contribution in [1.82, 2.24) is 15.1 Å². The normalized spacial score (nSPS) is 10.2. The van der Waals surface area contributed by atoms with Gasteiger partial charge in [0.1, 0.15) is 5.82 Å². The third kappa shape index (κ3) is 4.45. The van der Waals surface area contributed by atoms with E-state index in [0.29, 0.717) is 17.8 Å². The lowest BCUT2D eigenvalue weighted by Gasteiger charge is -2.09. The molecule has 0 atom stereocenters. The summed E-state index contributed by atoms with van der Waals surface area (Å²) < 4.78 is 15.5. The van der Waals surface area contributed by atoms with Crippen molar-refractivity contribution in [3.05, 3.63) is 83.4 Å². The number of urea groups is 1. The average molecular weight is 349 g/mol. The van der Waals surface area contributed by atoms with Gasteiger partial charge in [0.05, 0.1) is 18.2 Å². The Hall–Kier alpha value is -3.66. The Kier molecular flexibility index (Phi) is 5.25. The third-order valence-electron chi connectivity index (χ3n) is 3.73. The maximum absolute atomic E-state index is 13.7. The molecule has 0 aliphatic carbocycles. The molecular formula is C19H16FN5O. The van der Waals surface area contributed by atoms with Gasteiger partial charge >= 0.3 is 6.03 Å². The van der Waals surface area contributed by atoms with Crippen LogP contribution in [0.15, 0.2) is 60.9 Å². The number of hydrogen-bond donors (Lipinski definition) is 2. The van der Waals surface area contributed by atoms with E-state index >= 15 is 0 Å². The SMILES string of the molecule is N#Cc1ccc(F)c(CNC(=O)Nc2ccc(Cn3cccn3)cc2)c1. The Morgan fingerprint density at radius 1 is 1.23 bits per heavy atom. The van der Waals surface area contributed by atoms with E-state index in [0.717, 1.165) is 5.56 Å². The molecule has 1 heterocycles. The molecule has 0 spiro atoms. The van der Waals surface area contributed by atoms with E-state index in [2.05, 4.69) is 15.7 Å². The van der Waals surface area contributed by atoms with Crippen molar-refractivity contribution in [3.8, 4) is 6.07 Å². The molecule has 0 radical (unpaired) electrons. The van der Waals surface area contributed by atoms with Crippen LogP contribution in [0.3, 0.4) is 0 Å². The Labute approximate surface area is 149 Å². The zero-order valence-corrected chi connectivity index (χ0v) is 13.8. The number of hydrogen-bond acceptors (Lipinski definition) is 3. The van der Waals surface area contributed by atoms with Crippen molar-refractivity contribution in [2.24, 2.45) is 0 Å². The highest BCUT2D eigenvalue weighted by atomic mass is 19.1. The fraction of sp³-hybridized carbons (Fsp3) is 0.105. The highest BCUT2D eigenvalue weighted by Gasteiger charge is 2.07. The number of nitrogens with one attached hydrogen (secondary N) is 2. The molecule has 0 saturated heterocycles. The number of aromatic nitrogens is 2. The van der Waals surface area contributed by atoms with Crippen molar-refractivity contribution in [2.75, 3.05) is 5.32 Å². The number of amides is 2. The molecule has 0 bridgehead atoms. The standard InChI is InChI=1S/C19H16FN5O/c20-18-7-4-15(11-21)10-16(18)12-22-19(26)24-17-5-2-14(3-6-17)13-25-9-1-8-23-25/h1-10H,12-13H2,(H2,22,24,26). The number of nitrogens with zero attached hydrogens (tertiary/aromatic N) is 3. The zero-order chi connectivity index (χ0) is 18.4. The molecule has 0 fully saturated rings. The van der Waals surface area contributed by atoms with Crippen LogP contribution in [0.2, 0.25) is 0 Å². The quantitative estimate of drug-likeness (QED) is 0.742. The monoisotopic (exact) mass is 349 g/mol. The van der Waals surface area contributed by atoms with Gasteiger partial charge < -0.3 is 10.6 Å². The average Bonchev–Trinajstić information content (AvgIpc) is 3.16. The van der Waals surface area contributed by atoms with E-state index in [9.17, 15) is 9.18 Å². The minimum Gasteiger partial charge on any atom is -0.334 e. The minimum atomic E-state index is -0.465. The molecule has 6 nitrogen and oxygen atoms in total. The van der Waals surface area contributed by atoms with Crippen LogP contribution in [-0.4, -0.2) is 15.8 Å². The van der Waals surface area contributed by atoms with Crippen LogP contribution in [0.4, 0.5) is 14.9 Å². The molecule has 130 valence electrons. The van der Waals surface area contributed by atoms with Crippen LogP contribution in [0.5, 0.6) is 0 Å². The van der Waals surface area contributed by atoms with Gasteiger partial charge in [-0.2, -0.15) is 10.4 Å². The van der Waals surface area contributed by atoms with Gasteiger partial charge in [0.2, 0.25) is 0 Å². The highest BCUT2D eigenvalue weighted by molar-refractivity contribution is 5.89. The van der Waals surface area contributed by atoms with E-state index < -0.39 is 11.8 Å². The Bertz CT molecular complexity index is 930. The minimum absolute atomic E-state index is 0.00936. The topological polar surface area (TPSA) is 82.7 Å². The van der Waals surface area contributed by atoms with Crippen molar-refractivity contribution < 1.29 is 9.18 Å². The summed E-state index contributed by atoms with van der Waals surface area (Å²) in [5.41, 5.74) is 2.28. The number of nitriles is 1. The van der Waals surface area contributed by atoms with Crippen LogP contribution in [-0.2, 0) is 13.1 Å². The van der Waals surface area contributed by atoms with Gasteiger partial charge in [0.15, 0.2) is 0 Å². The summed E-state index contributed by atoms with van der Waals surface area (Å²) in [6.07, 6.45) is 3.59. The predicted molar refractivity (Wildman–Crippen MR) is 94.7 cm³/mol. The molecule has 0 unspecified atom stereocenters. The van der Waals surface area contributed by atoms with Crippen LogP contribution in [0.1, 0.15) is 16.7 Å². The summed E-state index contributed by atoms with van der Waals surface area (Å²) in [7, 11) is 0. The zero-order valence-electron chi connectivity index (χ0n) is 13.8. The number of carbonyl (C=O) groups is 1. The van der Waals surface area contributed by atoms with Gasteiger partial charge in [-0.1, -0.05) is 12.1 Å². The number of rotatable bonds is 5. The Balaban J connectivity index is 1.54. The summed E-state index contributed by atoms with van der Waals surface area (Å²) >= 11 is 0. The molecule has 26 heavy (non-hydrogen) atoms. The first-order valence-corrected chi connectivity index (χ1v) is 7.94. The van der Waals surface area contributed by atoms with E-state index in [-0.39, 0.29) is 12.1 Å². The number of carbonyl (C=O) groups excluding carboxylic acids is 1. The van der Waals surface area contributed by atoms with Gasteiger partial charge in [0, 0.05) is 30.2 Å². The van der Waals surface area contributed by atoms with E-state index in [1.165, 1.54) is 18.2 Å². The molecular weight excluding hydrogens is 333 g/mol. The van der Waals surface area contributed by atoms with E-state index in [1.807, 2.05) is 30.5 Å². The molecule has 3 aromatic rings. The van der Waals surface area contributed by atoms with Crippen molar-refractivity contribution >= 4 is 11.7 Å². The molecule has 0 saturated carbocycles. The lowest BCUT2D eigenvalue weighted by atomic mass is 10.1. The van der Waals surface area contributed by atoms with Gasteiger partial charge in [0.25, 0.3) is 0 Å². The number of anilines is 1. The molecule has 1 aromatic heterocycles. The molecule has 0 aliphatic rings. The molecule has 2 aromatic carbocycles. The van der Waals surface area contributed by atoms with Crippen LogP contribution in [0, 0.1) is 17.1 Å². The molecule has 3 rings (SSSR count). The number of benzene rings is 2. The van der Waals surface area contributed by atoms with E-state index in [1.54, 1.807) is 23.0 Å². The van der Waals surface area contributed by atoms with Crippen LogP contribution < -0.4 is 10.6 Å². The fourth-order valence-electron chi connectivity index (χ4n) is 2.41. The van der Waals surface area contributed by atoms with Crippen molar-refractivity contribution in [2.45, 2.75) is 13.1 Å². The second kappa shape index (κ2) is 7.94. The molecule has 2 N–H and O–H groups in total. The predicted octanol–water partition coefficient (Wildman–Crippen LogP) is 3.26. The second-order valence-electron chi connectivity index (χ2n) is 5.63. The van der Waals surface area contributed by atoms with Crippen molar-refractivity contribution in [3.63, 3.8) is 0 Å². The van der Waals surface area contributed by atoms with Crippen molar-refractivity contribution in [1.29, 1.82) is 5.26 Å². The molecule has 7 heteroatoms. The summed E-state index contributed by atoms with van der Waals surface area (Å²) in [4.78, 5) is 12.0. The first-order valence-electron chi connectivity index (χ1n) is 7.94. The Morgan fingerprint density at radius 2 is 2.04 bits per heavy atom. The summed E-state index contributed by atoms with van der Waals surface area (Å²) in [5.74, 6) is -0.465. The smallest absolute Gasteiger partial charge is 0.319 e. The van der Waals surface area contributed by atoms with Gasteiger partial charge in [-0.15, -0.1) is 0 Å². The largest absolute Gasteiger partial charge is 0.334 e. The Morgan fingerprint density at radius 3 is 2.73 bits per heavy atom. The van der Waals surface area contributed by atoms with E-state index in [4.69, 9.17) is 5.26 Å². The summed E-state index contributed by atoms with van der Waals surface area (Å²) in [6, 6.07) is 14.7. The first kappa shape index (κ1) is 17.2. The highest BCUT2D eigenvalue weighted by Crippen LogP contribution is 2.12. The summed E-state index contributed by atoms with van der Waals surface area (Å²) in [6.45, 7) is 0.637. The lowest BCUT2D eigenvalue weighted by Crippen LogP contribution is -2.28. The second-order valence-corrected chi connectivity index (χ2v) is 5.63. The van der Waals surface area contributed by atoms with Gasteiger partial charge in [-0.05, 0) is 42.0 Å². The summed E-state index contributed by atoms with van der Waals surface area (Å²) in [5, 5.41) is 18.3. The maximum Gasteiger partial charge on any atom is 0.319 e. The fourth-order valence-corrected chi connectivity index (χ4v) is 2.41. The first-order chi connectivity index (χ1) is 12.6. The molecule has 0 aliphatic heterocycles. The third-order valence-corrected chi connectivity index (χ3v) is 3.73. The van der Waals surface area contributed by atoms with Crippen LogP contribution in [0.25, 0.3) is 0 Å². The number of halogens is 1. The van der Waals surface area contributed by atoms with Gasteiger partial charge in [-0.25, -0.2) is 9.18 Å².